The summed E-state index contributed by atoms with van der Waals surface area (Å²) in [6.07, 6.45) is 0. The molecule has 2 aromatic rings. The maximum atomic E-state index is 11.3. The fourth-order valence-corrected chi connectivity index (χ4v) is 1.70. The van der Waals surface area contributed by atoms with Crippen molar-refractivity contribution in [2.24, 2.45) is 5.73 Å². The summed E-state index contributed by atoms with van der Waals surface area (Å²) in [6.45, 7) is 0. The summed E-state index contributed by atoms with van der Waals surface area (Å²) < 4.78 is 0. The Morgan fingerprint density at radius 1 is 1.00 bits per heavy atom. The molecule has 4 N–H and O–H groups in total. The Hall–Kier alpha value is -2.49. The topological polar surface area (TPSA) is 83.6 Å². The van der Waals surface area contributed by atoms with Crippen LogP contribution < -0.4 is 5.73 Å². The number of aromatic hydroxyl groups is 2. The second-order valence-corrected chi connectivity index (χ2v) is 3.65. The van der Waals surface area contributed by atoms with Crippen LogP contribution >= 0.6 is 0 Å². The number of phenols is 2. The van der Waals surface area contributed by atoms with E-state index in [2.05, 4.69) is 0 Å². The van der Waals surface area contributed by atoms with Gasteiger partial charge >= 0.3 is 0 Å². The van der Waals surface area contributed by atoms with Gasteiger partial charge in [-0.2, -0.15) is 0 Å². The predicted molar refractivity (Wildman–Crippen MR) is 63.7 cm³/mol. The zero-order valence-electron chi connectivity index (χ0n) is 8.92. The molecule has 0 aliphatic carbocycles. The molecule has 4 heteroatoms. The smallest absolute Gasteiger partial charge is 0.249 e. The van der Waals surface area contributed by atoms with Crippen molar-refractivity contribution >= 4 is 5.91 Å². The number of amides is 1. The van der Waals surface area contributed by atoms with Crippen LogP contribution in [0.25, 0.3) is 11.1 Å². The minimum Gasteiger partial charge on any atom is -0.508 e. The lowest BCUT2D eigenvalue weighted by Gasteiger charge is -2.07. The van der Waals surface area contributed by atoms with E-state index in [9.17, 15) is 15.0 Å². The zero-order chi connectivity index (χ0) is 12.4. The van der Waals surface area contributed by atoms with E-state index in [4.69, 9.17) is 5.73 Å². The lowest BCUT2D eigenvalue weighted by Crippen LogP contribution is -2.12. The van der Waals surface area contributed by atoms with Gasteiger partial charge in [-0.1, -0.05) is 18.2 Å². The van der Waals surface area contributed by atoms with Crippen molar-refractivity contribution in [1.82, 2.24) is 0 Å². The molecule has 0 bridgehead atoms. The molecule has 0 aromatic heterocycles. The molecule has 0 saturated carbocycles. The first-order valence-electron chi connectivity index (χ1n) is 5.00. The average Bonchev–Trinajstić information content (AvgIpc) is 2.27. The highest BCUT2D eigenvalue weighted by Gasteiger charge is 2.10. The molecule has 4 nitrogen and oxygen atoms in total. The van der Waals surface area contributed by atoms with E-state index >= 15 is 0 Å². The van der Waals surface area contributed by atoms with Gasteiger partial charge in [-0.25, -0.2) is 0 Å². The Morgan fingerprint density at radius 3 is 2.18 bits per heavy atom. The van der Waals surface area contributed by atoms with Gasteiger partial charge in [0, 0.05) is 11.6 Å². The van der Waals surface area contributed by atoms with Gasteiger partial charge in [0.1, 0.15) is 11.5 Å². The quantitative estimate of drug-likeness (QED) is 0.735. The van der Waals surface area contributed by atoms with Gasteiger partial charge in [-0.3, -0.25) is 4.79 Å². The monoisotopic (exact) mass is 229 g/mol. The highest BCUT2D eigenvalue weighted by molar-refractivity contribution is 6.00. The van der Waals surface area contributed by atoms with Crippen LogP contribution in [0.2, 0.25) is 0 Å². The van der Waals surface area contributed by atoms with E-state index < -0.39 is 5.91 Å². The van der Waals surface area contributed by atoms with Gasteiger partial charge < -0.3 is 15.9 Å². The minimum absolute atomic E-state index is 0.0701. The molecule has 86 valence electrons. The van der Waals surface area contributed by atoms with Gasteiger partial charge in [0.25, 0.3) is 0 Å². The molecule has 0 radical (unpaired) electrons. The van der Waals surface area contributed by atoms with Crippen molar-refractivity contribution < 1.29 is 15.0 Å². The molecular formula is C13H11NO3. The first kappa shape index (κ1) is 11.0. The van der Waals surface area contributed by atoms with Gasteiger partial charge in [0.15, 0.2) is 0 Å². The average molecular weight is 229 g/mol. The highest BCUT2D eigenvalue weighted by Crippen LogP contribution is 2.30. The van der Waals surface area contributed by atoms with Crippen LogP contribution in [0.4, 0.5) is 0 Å². The molecule has 0 aliphatic heterocycles. The molecule has 0 atom stereocenters. The summed E-state index contributed by atoms with van der Waals surface area (Å²) >= 11 is 0. The fourth-order valence-electron chi connectivity index (χ4n) is 1.70. The maximum absolute atomic E-state index is 11.3. The van der Waals surface area contributed by atoms with E-state index in [1.807, 2.05) is 0 Å². The van der Waals surface area contributed by atoms with Crippen LogP contribution in [0, 0.1) is 0 Å². The number of hydrogen-bond donors (Lipinski definition) is 3. The Labute approximate surface area is 97.9 Å². The molecule has 17 heavy (non-hydrogen) atoms. The first-order chi connectivity index (χ1) is 8.08. The minimum atomic E-state index is -0.552. The summed E-state index contributed by atoms with van der Waals surface area (Å²) in [5, 5.41) is 18.8. The molecule has 2 rings (SSSR count). The third kappa shape index (κ3) is 2.20. The Morgan fingerprint density at radius 2 is 1.59 bits per heavy atom. The van der Waals surface area contributed by atoms with Crippen molar-refractivity contribution in [2.75, 3.05) is 0 Å². The number of carbonyl (C=O) groups excluding carboxylic acids is 1. The van der Waals surface area contributed by atoms with Crippen LogP contribution in [0.5, 0.6) is 11.5 Å². The number of phenolic OH excluding ortho intramolecular Hbond substituents is 2. The predicted octanol–water partition coefficient (Wildman–Crippen LogP) is 1.86. The number of hydrogen-bond acceptors (Lipinski definition) is 3. The summed E-state index contributed by atoms with van der Waals surface area (Å²) in [5.41, 5.74) is 6.72. The Kier molecular flexibility index (Phi) is 2.70. The van der Waals surface area contributed by atoms with Crippen LogP contribution in [-0.2, 0) is 0 Å². The van der Waals surface area contributed by atoms with Gasteiger partial charge in [0.05, 0.1) is 0 Å². The number of benzene rings is 2. The second kappa shape index (κ2) is 4.17. The lowest BCUT2D eigenvalue weighted by molar-refractivity contribution is 0.100. The summed E-state index contributed by atoms with van der Waals surface area (Å²) in [5.74, 6) is -0.693. The molecule has 0 fully saturated rings. The van der Waals surface area contributed by atoms with E-state index in [1.54, 1.807) is 24.3 Å². The normalized spacial score (nSPS) is 10.1. The molecule has 1 amide bonds. The third-order valence-corrected chi connectivity index (χ3v) is 2.41. The van der Waals surface area contributed by atoms with Crippen molar-refractivity contribution in [1.29, 1.82) is 0 Å². The molecular weight excluding hydrogens is 218 g/mol. The molecule has 0 saturated heterocycles. The highest BCUT2D eigenvalue weighted by atomic mass is 16.3. The van der Waals surface area contributed by atoms with E-state index in [1.165, 1.54) is 18.2 Å². The van der Waals surface area contributed by atoms with Crippen molar-refractivity contribution in [2.45, 2.75) is 0 Å². The first-order valence-corrected chi connectivity index (χ1v) is 5.00. The van der Waals surface area contributed by atoms with Crippen molar-refractivity contribution in [3.63, 3.8) is 0 Å². The van der Waals surface area contributed by atoms with Crippen LogP contribution in [0.3, 0.4) is 0 Å². The number of carbonyl (C=O) groups is 1. The maximum Gasteiger partial charge on any atom is 0.249 e. The molecule has 0 heterocycles. The van der Waals surface area contributed by atoms with Gasteiger partial charge in [-0.05, 0) is 29.3 Å². The lowest BCUT2D eigenvalue weighted by atomic mass is 9.99. The SMILES string of the molecule is NC(=O)c1ccccc1-c1cc(O)cc(O)c1. The molecule has 0 spiro atoms. The van der Waals surface area contributed by atoms with Crippen molar-refractivity contribution in [3.8, 4) is 22.6 Å². The fraction of sp³-hybridized carbons (Fsp3) is 0. The largest absolute Gasteiger partial charge is 0.508 e. The number of primary amides is 1. The molecule has 2 aromatic carbocycles. The van der Waals surface area contributed by atoms with Gasteiger partial charge in [-0.15, -0.1) is 0 Å². The third-order valence-electron chi connectivity index (χ3n) is 2.41. The van der Waals surface area contributed by atoms with E-state index in [-0.39, 0.29) is 11.5 Å². The Balaban J connectivity index is 2.64. The van der Waals surface area contributed by atoms with E-state index in [0.717, 1.165) is 0 Å². The van der Waals surface area contributed by atoms with E-state index in [0.29, 0.717) is 16.7 Å². The second-order valence-electron chi connectivity index (χ2n) is 3.65. The molecule has 0 aliphatic rings. The summed E-state index contributed by atoms with van der Waals surface area (Å²) in [7, 11) is 0. The number of rotatable bonds is 2. The number of nitrogens with two attached hydrogens (primary N) is 1. The molecule has 0 unspecified atom stereocenters. The van der Waals surface area contributed by atoms with Crippen LogP contribution in [0.1, 0.15) is 10.4 Å². The standard InChI is InChI=1S/C13H11NO3/c14-13(17)12-4-2-1-3-11(12)8-5-9(15)7-10(16)6-8/h1-7,15-16H,(H2,14,17). The van der Waals surface area contributed by atoms with Crippen molar-refractivity contribution in [3.05, 3.63) is 48.0 Å². The van der Waals surface area contributed by atoms with Crippen LogP contribution in [-0.4, -0.2) is 16.1 Å². The summed E-state index contributed by atoms with van der Waals surface area (Å²) in [4.78, 5) is 11.3. The van der Waals surface area contributed by atoms with Gasteiger partial charge in [0.2, 0.25) is 5.91 Å². The zero-order valence-corrected chi connectivity index (χ0v) is 8.92. The Bertz CT molecular complexity index is 558. The van der Waals surface area contributed by atoms with Crippen LogP contribution in [0.15, 0.2) is 42.5 Å². The summed E-state index contributed by atoms with van der Waals surface area (Å²) in [6, 6.07) is 10.9.